The standard InChI is InChI=1S/C10H12N2O3/c1-9-11-4-5-12(9)6-8-15-10(14)3-2-7-13/h2-5,7H,6,8H2,1H3/b3-2+. The van der Waals surface area contributed by atoms with E-state index in [9.17, 15) is 9.59 Å². The van der Waals surface area contributed by atoms with Gasteiger partial charge in [-0.15, -0.1) is 0 Å². The lowest BCUT2D eigenvalue weighted by molar-refractivity contribution is -0.138. The summed E-state index contributed by atoms with van der Waals surface area (Å²) in [7, 11) is 0. The summed E-state index contributed by atoms with van der Waals surface area (Å²) in [6.07, 6.45) is 6.22. The minimum Gasteiger partial charge on any atom is -0.461 e. The van der Waals surface area contributed by atoms with Crippen LogP contribution in [0.2, 0.25) is 0 Å². The number of ether oxygens (including phenoxy) is 1. The first-order chi connectivity index (χ1) is 7.24. The summed E-state index contributed by atoms with van der Waals surface area (Å²) in [5.41, 5.74) is 0. The molecule has 80 valence electrons. The molecule has 0 saturated carbocycles. The van der Waals surface area contributed by atoms with Crippen LogP contribution in [0.3, 0.4) is 0 Å². The van der Waals surface area contributed by atoms with E-state index in [1.54, 1.807) is 6.20 Å². The number of aromatic nitrogens is 2. The van der Waals surface area contributed by atoms with E-state index >= 15 is 0 Å². The number of carbonyl (C=O) groups excluding carboxylic acids is 2. The number of aryl methyl sites for hydroxylation is 1. The minimum atomic E-state index is -0.514. The fourth-order valence-electron chi connectivity index (χ4n) is 1.05. The van der Waals surface area contributed by atoms with Crippen molar-refractivity contribution in [2.45, 2.75) is 13.5 Å². The molecule has 0 saturated heterocycles. The van der Waals surface area contributed by atoms with E-state index in [1.807, 2.05) is 17.7 Å². The molecule has 0 fully saturated rings. The molecule has 0 radical (unpaired) electrons. The molecule has 0 aromatic carbocycles. The van der Waals surface area contributed by atoms with Crippen molar-refractivity contribution in [2.75, 3.05) is 6.61 Å². The van der Waals surface area contributed by atoms with Gasteiger partial charge in [0.15, 0.2) is 0 Å². The van der Waals surface area contributed by atoms with Gasteiger partial charge in [-0.05, 0) is 13.0 Å². The molecule has 0 spiro atoms. The highest BCUT2D eigenvalue weighted by Crippen LogP contribution is 1.94. The van der Waals surface area contributed by atoms with Gasteiger partial charge in [-0.2, -0.15) is 0 Å². The Bertz CT molecular complexity index is 368. The van der Waals surface area contributed by atoms with Gasteiger partial charge in [-0.1, -0.05) is 0 Å². The zero-order chi connectivity index (χ0) is 11.1. The Hall–Kier alpha value is -1.91. The third kappa shape index (κ3) is 3.76. The van der Waals surface area contributed by atoms with Crippen molar-refractivity contribution in [1.29, 1.82) is 0 Å². The van der Waals surface area contributed by atoms with Crippen LogP contribution in [0.25, 0.3) is 0 Å². The topological polar surface area (TPSA) is 61.2 Å². The fraction of sp³-hybridized carbons (Fsp3) is 0.300. The molecular weight excluding hydrogens is 196 g/mol. The number of hydrogen-bond acceptors (Lipinski definition) is 4. The number of allylic oxidation sites excluding steroid dienone is 1. The Balaban J connectivity index is 2.28. The second-order valence-corrected chi connectivity index (χ2v) is 2.83. The van der Waals surface area contributed by atoms with E-state index < -0.39 is 5.97 Å². The summed E-state index contributed by atoms with van der Waals surface area (Å²) >= 11 is 0. The van der Waals surface area contributed by atoms with E-state index in [0.29, 0.717) is 12.8 Å². The molecule has 15 heavy (non-hydrogen) atoms. The van der Waals surface area contributed by atoms with Gasteiger partial charge < -0.3 is 9.30 Å². The Morgan fingerprint density at radius 2 is 2.47 bits per heavy atom. The first-order valence-electron chi connectivity index (χ1n) is 4.50. The van der Waals surface area contributed by atoms with Gasteiger partial charge in [0, 0.05) is 18.5 Å². The van der Waals surface area contributed by atoms with Gasteiger partial charge in [0.05, 0.1) is 6.54 Å². The predicted molar refractivity (Wildman–Crippen MR) is 53.1 cm³/mol. The summed E-state index contributed by atoms with van der Waals surface area (Å²) in [5.74, 6) is 0.356. The first-order valence-corrected chi connectivity index (χ1v) is 4.50. The number of imidazole rings is 1. The maximum Gasteiger partial charge on any atom is 0.330 e. The highest BCUT2D eigenvalue weighted by Gasteiger charge is 1.99. The quantitative estimate of drug-likeness (QED) is 0.401. The number of esters is 1. The normalized spacial score (nSPS) is 10.5. The molecular formula is C10H12N2O3. The van der Waals surface area contributed by atoms with Crippen LogP contribution in [-0.2, 0) is 20.9 Å². The lowest BCUT2D eigenvalue weighted by Crippen LogP contribution is -2.10. The van der Waals surface area contributed by atoms with Crippen molar-refractivity contribution in [3.8, 4) is 0 Å². The predicted octanol–water partition coefficient (Wildman–Crippen LogP) is 0.490. The third-order valence-electron chi connectivity index (χ3n) is 1.81. The zero-order valence-corrected chi connectivity index (χ0v) is 8.42. The summed E-state index contributed by atoms with van der Waals surface area (Å²) in [6, 6.07) is 0. The molecule has 0 amide bonds. The van der Waals surface area contributed by atoms with Crippen molar-refractivity contribution in [3.63, 3.8) is 0 Å². The molecule has 0 atom stereocenters. The van der Waals surface area contributed by atoms with E-state index in [2.05, 4.69) is 4.98 Å². The second kappa shape index (κ2) is 5.74. The fourth-order valence-corrected chi connectivity index (χ4v) is 1.05. The van der Waals surface area contributed by atoms with Crippen molar-refractivity contribution in [3.05, 3.63) is 30.4 Å². The van der Waals surface area contributed by atoms with Crippen LogP contribution in [0, 0.1) is 6.92 Å². The van der Waals surface area contributed by atoms with Crippen LogP contribution in [0.15, 0.2) is 24.5 Å². The van der Waals surface area contributed by atoms with Gasteiger partial charge in [0.2, 0.25) is 0 Å². The molecule has 0 bridgehead atoms. The molecule has 0 unspecified atom stereocenters. The first kappa shape index (κ1) is 11.2. The van der Waals surface area contributed by atoms with Crippen LogP contribution in [0.1, 0.15) is 5.82 Å². The SMILES string of the molecule is Cc1nccn1CCOC(=O)/C=C/C=O. The van der Waals surface area contributed by atoms with E-state index in [1.165, 1.54) is 0 Å². The third-order valence-corrected chi connectivity index (χ3v) is 1.81. The molecule has 0 aliphatic heterocycles. The summed E-state index contributed by atoms with van der Waals surface area (Å²) in [5, 5.41) is 0. The number of rotatable bonds is 5. The van der Waals surface area contributed by atoms with Crippen LogP contribution in [-0.4, -0.2) is 28.4 Å². The van der Waals surface area contributed by atoms with Crippen LogP contribution in [0.5, 0.6) is 0 Å². The zero-order valence-electron chi connectivity index (χ0n) is 8.42. The number of nitrogens with zero attached hydrogens (tertiary/aromatic N) is 2. The Kier molecular flexibility index (Phi) is 4.28. The van der Waals surface area contributed by atoms with Gasteiger partial charge in [-0.3, -0.25) is 4.79 Å². The lowest BCUT2D eigenvalue weighted by atomic mass is 10.5. The number of aldehydes is 1. The van der Waals surface area contributed by atoms with Crippen molar-refractivity contribution in [2.24, 2.45) is 0 Å². The number of carbonyl (C=O) groups is 2. The molecule has 1 rings (SSSR count). The molecule has 5 heteroatoms. The average molecular weight is 208 g/mol. The molecule has 5 nitrogen and oxygen atoms in total. The molecule has 0 aliphatic rings. The van der Waals surface area contributed by atoms with Crippen LogP contribution < -0.4 is 0 Å². The number of hydrogen-bond donors (Lipinski definition) is 0. The minimum absolute atomic E-state index is 0.263. The van der Waals surface area contributed by atoms with Gasteiger partial charge in [-0.25, -0.2) is 9.78 Å². The molecule has 1 aromatic rings. The Morgan fingerprint density at radius 3 is 3.07 bits per heavy atom. The van der Waals surface area contributed by atoms with E-state index in [4.69, 9.17) is 4.74 Å². The van der Waals surface area contributed by atoms with Crippen molar-refractivity contribution >= 4 is 12.3 Å². The Morgan fingerprint density at radius 1 is 1.67 bits per heavy atom. The van der Waals surface area contributed by atoms with E-state index in [0.717, 1.165) is 18.0 Å². The monoisotopic (exact) mass is 208 g/mol. The van der Waals surface area contributed by atoms with Gasteiger partial charge in [0.25, 0.3) is 0 Å². The Labute approximate surface area is 87.4 Å². The highest BCUT2D eigenvalue weighted by molar-refractivity contribution is 5.86. The summed E-state index contributed by atoms with van der Waals surface area (Å²) < 4.78 is 6.71. The molecule has 1 aromatic heterocycles. The van der Waals surface area contributed by atoms with Crippen molar-refractivity contribution in [1.82, 2.24) is 9.55 Å². The molecule has 0 N–H and O–H groups in total. The smallest absolute Gasteiger partial charge is 0.330 e. The molecule has 0 aliphatic carbocycles. The van der Waals surface area contributed by atoms with Crippen LogP contribution >= 0.6 is 0 Å². The van der Waals surface area contributed by atoms with Gasteiger partial charge >= 0.3 is 5.97 Å². The van der Waals surface area contributed by atoms with Crippen molar-refractivity contribution < 1.29 is 14.3 Å². The largest absolute Gasteiger partial charge is 0.461 e. The summed E-state index contributed by atoms with van der Waals surface area (Å²) in [4.78, 5) is 24.9. The maximum atomic E-state index is 10.9. The highest BCUT2D eigenvalue weighted by atomic mass is 16.5. The van der Waals surface area contributed by atoms with Gasteiger partial charge in [0.1, 0.15) is 18.7 Å². The van der Waals surface area contributed by atoms with E-state index in [-0.39, 0.29) is 6.61 Å². The van der Waals surface area contributed by atoms with Crippen LogP contribution in [0.4, 0.5) is 0 Å². The average Bonchev–Trinajstić information content (AvgIpc) is 2.61. The lowest BCUT2D eigenvalue weighted by Gasteiger charge is -2.04. The maximum absolute atomic E-state index is 10.9. The molecule has 1 heterocycles. The second-order valence-electron chi connectivity index (χ2n) is 2.83. The summed E-state index contributed by atoms with van der Waals surface area (Å²) in [6.45, 7) is 2.69.